The highest BCUT2D eigenvalue weighted by molar-refractivity contribution is 7.98. The summed E-state index contributed by atoms with van der Waals surface area (Å²) in [5, 5.41) is 11.7. The molecule has 1 amide bonds. The number of hydrogen-bond donors (Lipinski definition) is 3. The van der Waals surface area contributed by atoms with Crippen LogP contribution in [0, 0.1) is 5.82 Å². The largest absolute Gasteiger partial charge is 0.331 e. The Morgan fingerprint density at radius 2 is 1.86 bits per heavy atom. The minimum absolute atomic E-state index is 0.191. The highest BCUT2D eigenvalue weighted by Gasteiger charge is 2.07. The number of carbonyl (C=O) groups excluding carboxylic acids is 1. The summed E-state index contributed by atoms with van der Waals surface area (Å²) >= 11 is 6.66. The first-order valence-electron chi connectivity index (χ1n) is 8.20. The van der Waals surface area contributed by atoms with Crippen molar-refractivity contribution >= 4 is 40.7 Å². The molecule has 3 N–H and O–H groups in total. The van der Waals surface area contributed by atoms with Gasteiger partial charge in [-0.25, -0.2) is 4.39 Å². The number of carbonyl (C=O) groups is 1. The zero-order chi connectivity index (χ0) is 19.9. The maximum atomic E-state index is 12.9. The van der Waals surface area contributed by atoms with Gasteiger partial charge in [0, 0.05) is 24.1 Å². The smallest absolute Gasteiger partial charge is 0.269 e. The lowest BCUT2D eigenvalue weighted by Gasteiger charge is -2.12. The second-order valence-corrected chi connectivity index (χ2v) is 7.10. The van der Waals surface area contributed by atoms with E-state index >= 15 is 0 Å². The molecule has 2 aromatic carbocycles. The van der Waals surface area contributed by atoms with Crippen molar-refractivity contribution in [1.82, 2.24) is 25.6 Å². The molecule has 1 aromatic heterocycles. The van der Waals surface area contributed by atoms with E-state index in [1.54, 1.807) is 42.4 Å². The van der Waals surface area contributed by atoms with Crippen LogP contribution in [-0.2, 0) is 12.8 Å². The highest BCUT2D eigenvalue weighted by Crippen LogP contribution is 2.20. The minimum atomic E-state index is -0.337. The standard InChI is InChI=1S/C18H17FN6OS2/c1-25-11-20-24-18(25)28-10-12-2-4-13(5-3-12)16(26)22-23-17(27)21-15-8-6-14(19)7-9-15/h2-9,11H,10H2,1H3,(H,22,26)(H2,21,23,27). The van der Waals surface area contributed by atoms with Gasteiger partial charge >= 0.3 is 0 Å². The number of halogens is 1. The van der Waals surface area contributed by atoms with Crippen LogP contribution in [0.3, 0.4) is 0 Å². The van der Waals surface area contributed by atoms with Crippen molar-refractivity contribution in [3.8, 4) is 0 Å². The molecule has 0 radical (unpaired) electrons. The van der Waals surface area contributed by atoms with E-state index in [1.165, 1.54) is 12.1 Å². The Labute approximate surface area is 170 Å². The Hall–Kier alpha value is -2.98. The van der Waals surface area contributed by atoms with Gasteiger partial charge in [-0.3, -0.25) is 15.6 Å². The van der Waals surface area contributed by atoms with Crippen molar-refractivity contribution in [2.24, 2.45) is 7.05 Å². The van der Waals surface area contributed by atoms with Crippen LogP contribution in [0.1, 0.15) is 15.9 Å². The second-order valence-electron chi connectivity index (χ2n) is 5.75. The quantitative estimate of drug-likeness (QED) is 0.335. The number of thiocarbonyl (C=S) groups is 1. The normalized spacial score (nSPS) is 10.4. The number of aromatic nitrogens is 3. The van der Waals surface area contributed by atoms with Crippen molar-refractivity contribution in [3.63, 3.8) is 0 Å². The number of thioether (sulfide) groups is 1. The number of nitrogens with zero attached hydrogens (tertiary/aromatic N) is 3. The van der Waals surface area contributed by atoms with Gasteiger partial charge in [-0.2, -0.15) is 0 Å². The average Bonchev–Trinajstić information content (AvgIpc) is 3.11. The predicted molar refractivity (Wildman–Crippen MR) is 110 cm³/mol. The van der Waals surface area contributed by atoms with Gasteiger partial charge in [-0.1, -0.05) is 23.9 Å². The Morgan fingerprint density at radius 1 is 1.14 bits per heavy atom. The number of hydrazine groups is 1. The molecule has 3 rings (SSSR count). The number of rotatable bonds is 5. The third-order valence-corrected chi connectivity index (χ3v) is 4.96. The molecule has 0 spiro atoms. The predicted octanol–water partition coefficient (Wildman–Crippen LogP) is 2.88. The van der Waals surface area contributed by atoms with Gasteiger partial charge in [0.2, 0.25) is 0 Å². The first-order chi connectivity index (χ1) is 13.5. The van der Waals surface area contributed by atoms with Crippen LogP contribution in [-0.4, -0.2) is 25.8 Å². The van der Waals surface area contributed by atoms with Crippen LogP contribution in [0.15, 0.2) is 60.0 Å². The topological polar surface area (TPSA) is 83.9 Å². The Bertz CT molecular complexity index is 959. The number of nitrogens with one attached hydrogen (secondary N) is 3. The summed E-state index contributed by atoms with van der Waals surface area (Å²) in [6.07, 6.45) is 1.65. The molecule has 0 fully saturated rings. The fourth-order valence-electron chi connectivity index (χ4n) is 2.18. The average molecular weight is 417 g/mol. The van der Waals surface area contributed by atoms with E-state index in [2.05, 4.69) is 26.4 Å². The molecule has 0 aliphatic carbocycles. The van der Waals surface area contributed by atoms with Crippen molar-refractivity contribution in [1.29, 1.82) is 0 Å². The number of hydrogen-bond acceptors (Lipinski definition) is 5. The molecule has 0 bridgehead atoms. The molecule has 7 nitrogen and oxygen atoms in total. The SMILES string of the molecule is Cn1cnnc1SCc1ccc(C(=O)NNC(=S)Nc2ccc(F)cc2)cc1. The molecule has 28 heavy (non-hydrogen) atoms. The van der Waals surface area contributed by atoms with E-state index in [9.17, 15) is 9.18 Å². The molecule has 10 heteroatoms. The molecule has 0 unspecified atom stereocenters. The van der Waals surface area contributed by atoms with Gasteiger partial charge < -0.3 is 9.88 Å². The molecule has 1 heterocycles. The third-order valence-electron chi connectivity index (χ3n) is 3.65. The van der Waals surface area contributed by atoms with Crippen molar-refractivity contribution in [2.45, 2.75) is 10.9 Å². The number of aryl methyl sites for hydroxylation is 1. The van der Waals surface area contributed by atoms with E-state index < -0.39 is 0 Å². The van der Waals surface area contributed by atoms with E-state index in [0.717, 1.165) is 16.5 Å². The molecule has 0 atom stereocenters. The Morgan fingerprint density at radius 3 is 2.50 bits per heavy atom. The third kappa shape index (κ3) is 5.51. The van der Waals surface area contributed by atoms with Gasteiger partial charge in [-0.05, 0) is 54.2 Å². The summed E-state index contributed by atoms with van der Waals surface area (Å²) < 4.78 is 14.7. The van der Waals surface area contributed by atoms with E-state index in [4.69, 9.17) is 12.2 Å². The zero-order valence-electron chi connectivity index (χ0n) is 14.8. The van der Waals surface area contributed by atoms with Crippen LogP contribution in [0.25, 0.3) is 0 Å². The minimum Gasteiger partial charge on any atom is -0.331 e. The van der Waals surface area contributed by atoms with E-state index in [0.29, 0.717) is 11.3 Å². The monoisotopic (exact) mass is 416 g/mol. The van der Waals surface area contributed by atoms with E-state index in [1.807, 2.05) is 23.7 Å². The van der Waals surface area contributed by atoms with Crippen LogP contribution < -0.4 is 16.2 Å². The van der Waals surface area contributed by atoms with Gasteiger partial charge in [0.05, 0.1) is 0 Å². The number of benzene rings is 2. The summed E-state index contributed by atoms with van der Waals surface area (Å²) in [6, 6.07) is 13.0. The second kappa shape index (κ2) is 9.29. The highest BCUT2D eigenvalue weighted by atomic mass is 32.2. The fraction of sp³-hybridized carbons (Fsp3) is 0.111. The maximum Gasteiger partial charge on any atom is 0.269 e. The summed E-state index contributed by atoms with van der Waals surface area (Å²) in [5.41, 5.74) is 7.29. The zero-order valence-corrected chi connectivity index (χ0v) is 16.5. The number of amides is 1. The van der Waals surface area contributed by atoms with Gasteiger partial charge in [0.15, 0.2) is 10.3 Å². The lowest BCUT2D eigenvalue weighted by molar-refractivity contribution is 0.0944. The Kier molecular flexibility index (Phi) is 6.56. The van der Waals surface area contributed by atoms with Crippen LogP contribution >= 0.6 is 24.0 Å². The molecule has 0 aliphatic heterocycles. The Balaban J connectivity index is 1.46. The lowest BCUT2D eigenvalue weighted by atomic mass is 10.1. The van der Waals surface area contributed by atoms with Crippen LogP contribution in [0.4, 0.5) is 10.1 Å². The molecular weight excluding hydrogens is 399 g/mol. The van der Waals surface area contributed by atoms with Crippen molar-refractivity contribution in [3.05, 3.63) is 71.8 Å². The molecule has 0 saturated carbocycles. The molecule has 144 valence electrons. The van der Waals surface area contributed by atoms with Crippen LogP contribution in [0.5, 0.6) is 0 Å². The maximum absolute atomic E-state index is 12.9. The molecule has 0 saturated heterocycles. The van der Waals surface area contributed by atoms with E-state index in [-0.39, 0.29) is 16.8 Å². The van der Waals surface area contributed by atoms with Gasteiger partial charge in [-0.15, -0.1) is 10.2 Å². The summed E-state index contributed by atoms with van der Waals surface area (Å²) in [6.45, 7) is 0. The van der Waals surface area contributed by atoms with Crippen LogP contribution in [0.2, 0.25) is 0 Å². The summed E-state index contributed by atoms with van der Waals surface area (Å²) in [5.74, 6) is 0.0603. The number of anilines is 1. The molecule has 0 aliphatic rings. The van der Waals surface area contributed by atoms with Gasteiger partial charge in [0.25, 0.3) is 5.91 Å². The lowest BCUT2D eigenvalue weighted by Crippen LogP contribution is -2.43. The van der Waals surface area contributed by atoms with Crippen molar-refractivity contribution < 1.29 is 9.18 Å². The first-order valence-corrected chi connectivity index (χ1v) is 9.59. The molecule has 3 aromatic rings. The summed E-state index contributed by atoms with van der Waals surface area (Å²) in [4.78, 5) is 12.2. The van der Waals surface area contributed by atoms with Gasteiger partial charge in [0.1, 0.15) is 12.1 Å². The fourth-order valence-corrected chi connectivity index (χ4v) is 3.20. The summed E-state index contributed by atoms with van der Waals surface area (Å²) in [7, 11) is 1.89. The molecular formula is C18H17FN6OS2. The first kappa shape index (κ1) is 19.8. The van der Waals surface area contributed by atoms with Crippen molar-refractivity contribution in [2.75, 3.05) is 5.32 Å².